The summed E-state index contributed by atoms with van der Waals surface area (Å²) < 4.78 is 18.9. The lowest BCUT2D eigenvalue weighted by Gasteiger charge is -2.23. The van der Waals surface area contributed by atoms with Gasteiger partial charge in [-0.15, -0.1) is 0 Å². The number of nitrogen functional groups attached to an aromatic ring is 1. The van der Waals surface area contributed by atoms with E-state index in [1.807, 2.05) is 13.8 Å². The molecule has 1 unspecified atom stereocenters. The van der Waals surface area contributed by atoms with Gasteiger partial charge in [-0.2, -0.15) is 0 Å². The first-order valence-corrected chi connectivity index (χ1v) is 6.57. The Morgan fingerprint density at radius 3 is 2.68 bits per heavy atom. The van der Waals surface area contributed by atoms with Gasteiger partial charge in [0.2, 0.25) is 0 Å². The summed E-state index contributed by atoms with van der Waals surface area (Å²) in [5, 5.41) is 13.0. The van der Waals surface area contributed by atoms with Gasteiger partial charge in [0.05, 0.1) is 23.6 Å². The lowest BCUT2D eigenvalue weighted by Crippen LogP contribution is -2.32. The molecule has 0 bridgehead atoms. The molecule has 1 atom stereocenters. The van der Waals surface area contributed by atoms with Gasteiger partial charge in [-0.25, -0.2) is 4.39 Å². The van der Waals surface area contributed by atoms with E-state index in [1.165, 1.54) is 12.1 Å². The molecular formula is C14H23FN2O2. The molecule has 0 heterocycles. The molecule has 0 aliphatic carbocycles. The first-order valence-electron chi connectivity index (χ1n) is 6.57. The largest absolute Gasteiger partial charge is 0.490 e. The Morgan fingerprint density at radius 1 is 1.42 bits per heavy atom. The second-order valence-electron chi connectivity index (χ2n) is 4.92. The van der Waals surface area contributed by atoms with Crippen molar-refractivity contribution in [2.24, 2.45) is 0 Å². The molecule has 4 N–H and O–H groups in total. The summed E-state index contributed by atoms with van der Waals surface area (Å²) in [6, 6.07) is 2.76. The number of nitrogens with two attached hydrogens (primary N) is 1. The minimum absolute atomic E-state index is 0.176. The van der Waals surface area contributed by atoms with Crippen molar-refractivity contribution in [3.63, 3.8) is 0 Å². The van der Waals surface area contributed by atoms with Crippen LogP contribution in [0.15, 0.2) is 12.1 Å². The van der Waals surface area contributed by atoms with Crippen LogP contribution in [0.5, 0.6) is 5.75 Å². The molecule has 108 valence electrons. The lowest BCUT2D eigenvalue weighted by molar-refractivity contribution is 0.0697. The second kappa shape index (κ2) is 6.61. The average Bonchev–Trinajstić information content (AvgIpc) is 2.36. The molecule has 0 saturated carbocycles. The molecule has 0 spiro atoms. The number of hydrogen-bond acceptors (Lipinski definition) is 4. The van der Waals surface area contributed by atoms with Crippen LogP contribution in [0.2, 0.25) is 0 Å². The number of hydrogen-bond donors (Lipinski definition) is 3. The van der Waals surface area contributed by atoms with Gasteiger partial charge in [0, 0.05) is 18.7 Å². The highest BCUT2D eigenvalue weighted by molar-refractivity contribution is 5.68. The fourth-order valence-electron chi connectivity index (χ4n) is 1.46. The highest BCUT2D eigenvalue weighted by atomic mass is 19.1. The van der Waals surface area contributed by atoms with Crippen LogP contribution in [-0.2, 0) is 0 Å². The van der Waals surface area contributed by atoms with E-state index >= 15 is 0 Å². The van der Waals surface area contributed by atoms with Crippen molar-refractivity contribution >= 4 is 11.4 Å². The van der Waals surface area contributed by atoms with Crippen LogP contribution in [-0.4, -0.2) is 23.9 Å². The monoisotopic (exact) mass is 270 g/mol. The molecule has 0 aliphatic heterocycles. The van der Waals surface area contributed by atoms with Crippen molar-refractivity contribution in [2.75, 3.05) is 24.2 Å². The Morgan fingerprint density at radius 2 is 2.11 bits per heavy atom. The number of aliphatic hydroxyl groups is 1. The predicted octanol–water partition coefficient (Wildman–Crippen LogP) is 2.77. The standard InChI is InChI=1S/C14H23FN2O2/c1-4-6-19-13-8-12(11(16)7-10(13)15)17-9-14(3,18)5-2/h7-8,17-18H,4-6,9,16H2,1-3H3. The van der Waals surface area contributed by atoms with E-state index in [9.17, 15) is 9.50 Å². The van der Waals surface area contributed by atoms with Crippen molar-refractivity contribution in [1.82, 2.24) is 0 Å². The predicted molar refractivity (Wildman–Crippen MR) is 76.0 cm³/mol. The highest BCUT2D eigenvalue weighted by Crippen LogP contribution is 2.28. The maximum Gasteiger partial charge on any atom is 0.167 e. The Labute approximate surface area is 113 Å². The first kappa shape index (κ1) is 15.6. The van der Waals surface area contributed by atoms with Gasteiger partial charge in [0.1, 0.15) is 0 Å². The minimum Gasteiger partial charge on any atom is -0.490 e. The van der Waals surface area contributed by atoms with Gasteiger partial charge in [-0.3, -0.25) is 0 Å². The van der Waals surface area contributed by atoms with E-state index in [-0.39, 0.29) is 5.75 Å². The highest BCUT2D eigenvalue weighted by Gasteiger charge is 2.18. The van der Waals surface area contributed by atoms with Crippen molar-refractivity contribution in [3.8, 4) is 5.75 Å². The van der Waals surface area contributed by atoms with E-state index in [2.05, 4.69) is 5.32 Å². The molecule has 0 amide bonds. The second-order valence-corrected chi connectivity index (χ2v) is 4.92. The van der Waals surface area contributed by atoms with Crippen LogP contribution in [0.1, 0.15) is 33.6 Å². The molecule has 1 aromatic rings. The molecule has 5 heteroatoms. The summed E-state index contributed by atoms with van der Waals surface area (Å²) in [5.74, 6) is -0.298. The number of benzene rings is 1. The van der Waals surface area contributed by atoms with E-state index in [0.717, 1.165) is 6.42 Å². The summed E-state index contributed by atoms with van der Waals surface area (Å²) in [4.78, 5) is 0. The molecule has 0 radical (unpaired) electrons. The van der Waals surface area contributed by atoms with Crippen LogP contribution in [0, 0.1) is 5.82 Å². The van der Waals surface area contributed by atoms with Gasteiger partial charge < -0.3 is 20.9 Å². The molecule has 0 aliphatic rings. The Kier molecular flexibility index (Phi) is 5.42. The normalized spacial score (nSPS) is 13.9. The van der Waals surface area contributed by atoms with Gasteiger partial charge in [-0.05, 0) is 19.8 Å². The third-order valence-electron chi connectivity index (χ3n) is 2.99. The van der Waals surface area contributed by atoms with E-state index in [1.54, 1.807) is 6.92 Å². The van der Waals surface area contributed by atoms with Gasteiger partial charge >= 0.3 is 0 Å². The number of nitrogens with one attached hydrogen (secondary N) is 1. The zero-order valence-corrected chi connectivity index (χ0v) is 11.8. The van der Waals surface area contributed by atoms with Crippen molar-refractivity contribution in [3.05, 3.63) is 17.9 Å². The molecular weight excluding hydrogens is 247 g/mol. The summed E-state index contributed by atoms with van der Waals surface area (Å²) in [6.45, 7) is 6.37. The van der Waals surface area contributed by atoms with Crippen molar-refractivity contribution < 1.29 is 14.2 Å². The van der Waals surface area contributed by atoms with E-state index in [4.69, 9.17) is 10.5 Å². The Balaban J connectivity index is 2.82. The zero-order valence-electron chi connectivity index (χ0n) is 11.8. The maximum atomic E-state index is 13.6. The quantitative estimate of drug-likeness (QED) is 0.666. The molecule has 1 rings (SSSR count). The van der Waals surface area contributed by atoms with Crippen LogP contribution >= 0.6 is 0 Å². The lowest BCUT2D eigenvalue weighted by atomic mass is 10.0. The summed E-state index contributed by atoms with van der Waals surface area (Å²) in [7, 11) is 0. The van der Waals surface area contributed by atoms with Crippen LogP contribution < -0.4 is 15.8 Å². The molecule has 4 nitrogen and oxygen atoms in total. The van der Waals surface area contributed by atoms with Gasteiger partial charge in [-0.1, -0.05) is 13.8 Å². The van der Waals surface area contributed by atoms with Crippen LogP contribution in [0.3, 0.4) is 0 Å². The van der Waals surface area contributed by atoms with Crippen LogP contribution in [0.4, 0.5) is 15.8 Å². The third kappa shape index (κ3) is 4.59. The number of ether oxygens (including phenoxy) is 1. The topological polar surface area (TPSA) is 67.5 Å². The molecule has 0 aromatic heterocycles. The smallest absolute Gasteiger partial charge is 0.167 e. The fourth-order valence-corrected chi connectivity index (χ4v) is 1.46. The van der Waals surface area contributed by atoms with Crippen molar-refractivity contribution in [2.45, 2.75) is 39.2 Å². The zero-order chi connectivity index (χ0) is 14.5. The molecule has 0 fully saturated rings. The van der Waals surface area contributed by atoms with E-state index in [0.29, 0.717) is 30.9 Å². The number of halogens is 1. The summed E-state index contributed by atoms with van der Waals surface area (Å²) in [5.41, 5.74) is 5.79. The molecule has 0 saturated heterocycles. The minimum atomic E-state index is -0.828. The number of anilines is 2. The number of rotatable bonds is 7. The Hall–Kier alpha value is -1.49. The SMILES string of the molecule is CCCOc1cc(NCC(C)(O)CC)c(N)cc1F. The van der Waals surface area contributed by atoms with Gasteiger partial charge in [0.25, 0.3) is 0 Å². The third-order valence-corrected chi connectivity index (χ3v) is 2.99. The summed E-state index contributed by atoms with van der Waals surface area (Å²) in [6.07, 6.45) is 1.41. The first-order chi connectivity index (χ1) is 8.89. The molecule has 1 aromatic carbocycles. The average molecular weight is 270 g/mol. The van der Waals surface area contributed by atoms with E-state index < -0.39 is 11.4 Å². The van der Waals surface area contributed by atoms with Crippen molar-refractivity contribution in [1.29, 1.82) is 0 Å². The van der Waals surface area contributed by atoms with Crippen LogP contribution in [0.25, 0.3) is 0 Å². The summed E-state index contributed by atoms with van der Waals surface area (Å²) >= 11 is 0. The fraction of sp³-hybridized carbons (Fsp3) is 0.571. The maximum absolute atomic E-state index is 13.6. The van der Waals surface area contributed by atoms with Gasteiger partial charge in [0.15, 0.2) is 11.6 Å². The molecule has 19 heavy (non-hydrogen) atoms. The Bertz CT molecular complexity index is 422.